The first-order valence-electron chi connectivity index (χ1n) is 11.5. The molecule has 0 atom stereocenters. The van der Waals surface area contributed by atoms with Crippen molar-refractivity contribution in [2.45, 2.75) is 30.6 Å². The molecule has 1 amide bonds. The average Bonchev–Trinajstić information content (AvgIpc) is 3.46. The molecule has 7 nitrogen and oxygen atoms in total. The third kappa shape index (κ3) is 5.45. The first-order chi connectivity index (χ1) is 17.4. The zero-order valence-electron chi connectivity index (χ0n) is 19.2. The van der Waals surface area contributed by atoms with Crippen molar-refractivity contribution < 1.29 is 13.2 Å². The van der Waals surface area contributed by atoms with Crippen LogP contribution in [0.15, 0.2) is 74.4 Å². The van der Waals surface area contributed by atoms with Crippen molar-refractivity contribution >= 4 is 76.1 Å². The summed E-state index contributed by atoms with van der Waals surface area (Å²) >= 11 is 6.35. The highest BCUT2D eigenvalue weighted by molar-refractivity contribution is 9.10. The van der Waals surface area contributed by atoms with E-state index in [1.54, 1.807) is 22.7 Å². The van der Waals surface area contributed by atoms with Gasteiger partial charge in [-0.25, -0.2) is 13.4 Å². The molecule has 186 valence electrons. The lowest BCUT2D eigenvalue weighted by Crippen LogP contribution is -2.32. The average molecular weight is 604 g/mol. The van der Waals surface area contributed by atoms with E-state index >= 15 is 0 Å². The van der Waals surface area contributed by atoms with Crippen molar-refractivity contribution in [3.05, 3.63) is 74.9 Å². The summed E-state index contributed by atoms with van der Waals surface area (Å²) in [5.74, 6) is -0.389. The Kier molecular flexibility index (Phi) is 7.63. The van der Waals surface area contributed by atoms with Crippen LogP contribution in [-0.2, 0) is 10.0 Å². The largest absolute Gasteiger partial charge is 0.280 e. The lowest BCUT2D eigenvalue weighted by molar-refractivity contribution is 0.0987. The summed E-state index contributed by atoms with van der Waals surface area (Å²) in [6.07, 6.45) is 5.45. The predicted octanol–water partition coefficient (Wildman–Crippen LogP) is 6.37. The number of halogens is 1. The van der Waals surface area contributed by atoms with Gasteiger partial charge in [0.05, 0.1) is 21.3 Å². The van der Waals surface area contributed by atoms with Crippen molar-refractivity contribution in [3.8, 4) is 0 Å². The van der Waals surface area contributed by atoms with Gasteiger partial charge in [0.15, 0.2) is 0 Å². The summed E-state index contributed by atoms with van der Waals surface area (Å²) in [5, 5.41) is 8.11. The number of fused-ring (bicyclic) bond motifs is 1. The minimum absolute atomic E-state index is 0.194. The minimum Gasteiger partial charge on any atom is -0.267 e. The van der Waals surface area contributed by atoms with Gasteiger partial charge in [-0.2, -0.15) is 14.4 Å². The van der Waals surface area contributed by atoms with E-state index in [4.69, 9.17) is 0 Å². The fourth-order valence-electron chi connectivity index (χ4n) is 3.97. The fourth-order valence-corrected chi connectivity index (χ4v) is 7.54. The highest BCUT2D eigenvalue weighted by atomic mass is 79.9. The molecule has 0 saturated carbocycles. The summed E-state index contributed by atoms with van der Waals surface area (Å²) in [7, 11) is -3.60. The van der Waals surface area contributed by atoms with E-state index in [1.807, 2.05) is 35.7 Å². The SMILES string of the molecule is O=C(c1ccc(S(=O)(=O)N2CCCCCC2)cc1)N(/N=C/c1cccs1)c1nc2ccc(Br)cc2s1. The Labute approximate surface area is 226 Å². The number of carbonyl (C=O) groups is 1. The van der Waals surface area contributed by atoms with Crippen LogP contribution in [0, 0.1) is 0 Å². The highest BCUT2D eigenvalue weighted by Gasteiger charge is 2.26. The second-order valence-electron chi connectivity index (χ2n) is 8.33. The number of thiophene rings is 1. The van der Waals surface area contributed by atoms with Crippen LogP contribution in [0.2, 0.25) is 0 Å². The summed E-state index contributed by atoms with van der Waals surface area (Å²) in [6, 6.07) is 15.7. The molecule has 1 aliphatic heterocycles. The first-order valence-corrected chi connectivity index (χ1v) is 15.4. The number of hydrazone groups is 1. The van der Waals surface area contributed by atoms with Gasteiger partial charge in [0.2, 0.25) is 15.2 Å². The molecule has 11 heteroatoms. The monoisotopic (exact) mass is 602 g/mol. The molecular weight excluding hydrogens is 580 g/mol. The molecule has 1 saturated heterocycles. The quantitative estimate of drug-likeness (QED) is 0.190. The van der Waals surface area contributed by atoms with Crippen molar-refractivity contribution in [2.24, 2.45) is 5.10 Å². The van der Waals surface area contributed by atoms with Gasteiger partial charge < -0.3 is 0 Å². The summed E-state index contributed by atoms with van der Waals surface area (Å²) in [5.41, 5.74) is 1.09. The Bertz CT molecular complexity index is 1490. The number of aromatic nitrogens is 1. The van der Waals surface area contributed by atoms with Gasteiger partial charge in [0.25, 0.3) is 5.91 Å². The lowest BCUT2D eigenvalue weighted by atomic mass is 10.2. The molecule has 0 bridgehead atoms. The van der Waals surface area contributed by atoms with Gasteiger partial charge in [0.1, 0.15) is 0 Å². The molecule has 1 aliphatic rings. The molecule has 5 rings (SSSR count). The number of nitrogens with zero attached hydrogens (tertiary/aromatic N) is 4. The summed E-state index contributed by atoms with van der Waals surface area (Å²) in [6.45, 7) is 1.06. The van der Waals surface area contributed by atoms with Gasteiger partial charge in [0, 0.05) is 28.0 Å². The number of carbonyl (C=O) groups excluding carboxylic acids is 1. The molecule has 2 aromatic heterocycles. The van der Waals surface area contributed by atoms with Gasteiger partial charge in [-0.15, -0.1) is 11.3 Å². The molecule has 4 aromatic rings. The third-order valence-electron chi connectivity index (χ3n) is 5.86. The topological polar surface area (TPSA) is 82.9 Å². The zero-order valence-corrected chi connectivity index (χ0v) is 23.2. The minimum atomic E-state index is -3.60. The van der Waals surface area contributed by atoms with Crippen LogP contribution in [-0.4, -0.2) is 42.9 Å². The molecule has 0 radical (unpaired) electrons. The smallest absolute Gasteiger partial charge is 0.267 e. The molecule has 0 aliphatic carbocycles. The van der Waals surface area contributed by atoms with Crippen molar-refractivity contribution in [3.63, 3.8) is 0 Å². The third-order valence-corrected chi connectivity index (χ3v) is 10.1. The van der Waals surface area contributed by atoms with Crippen LogP contribution in [0.25, 0.3) is 10.2 Å². The van der Waals surface area contributed by atoms with Gasteiger partial charge in [-0.05, 0) is 66.8 Å². The molecule has 36 heavy (non-hydrogen) atoms. The van der Waals surface area contributed by atoms with Crippen LogP contribution in [0.5, 0.6) is 0 Å². The molecule has 0 spiro atoms. The van der Waals surface area contributed by atoms with Gasteiger partial charge in [-0.3, -0.25) is 4.79 Å². The number of hydrogen-bond donors (Lipinski definition) is 0. The first kappa shape index (κ1) is 25.2. The maximum Gasteiger partial charge on any atom is 0.280 e. The Hall–Kier alpha value is -2.44. The van der Waals surface area contributed by atoms with Crippen molar-refractivity contribution in [1.29, 1.82) is 0 Å². The number of benzene rings is 2. The van der Waals surface area contributed by atoms with E-state index in [-0.39, 0.29) is 10.8 Å². The molecular formula is C25H23BrN4O3S3. The highest BCUT2D eigenvalue weighted by Crippen LogP contribution is 2.32. The Morgan fingerprint density at radius 3 is 2.50 bits per heavy atom. The second kappa shape index (κ2) is 10.9. The van der Waals surface area contributed by atoms with Crippen LogP contribution < -0.4 is 5.01 Å². The lowest BCUT2D eigenvalue weighted by Gasteiger charge is -2.20. The van der Waals surface area contributed by atoms with Crippen LogP contribution in [0.4, 0.5) is 5.13 Å². The number of hydrogen-bond acceptors (Lipinski definition) is 7. The fraction of sp³-hybridized carbons (Fsp3) is 0.240. The number of anilines is 1. The number of sulfonamides is 1. The van der Waals surface area contributed by atoms with E-state index in [0.717, 1.165) is 45.2 Å². The van der Waals surface area contributed by atoms with Crippen LogP contribution in [0.1, 0.15) is 40.9 Å². The predicted molar refractivity (Wildman–Crippen MR) is 150 cm³/mol. The van der Waals surface area contributed by atoms with Crippen LogP contribution in [0.3, 0.4) is 0 Å². The standard InChI is InChI=1S/C25H23BrN4O3S3/c26-19-9-12-22-23(16-19)35-25(28-22)30(27-17-20-6-5-15-34-20)24(31)18-7-10-21(11-8-18)36(32,33)29-13-3-1-2-4-14-29/h5-12,15-17H,1-4,13-14H2/b27-17+. The summed E-state index contributed by atoms with van der Waals surface area (Å²) < 4.78 is 29.7. The Balaban J connectivity index is 1.45. The van der Waals surface area contributed by atoms with E-state index in [2.05, 4.69) is 26.0 Å². The molecule has 2 aromatic carbocycles. The normalized spacial score (nSPS) is 15.4. The van der Waals surface area contributed by atoms with E-state index in [1.165, 1.54) is 39.8 Å². The van der Waals surface area contributed by atoms with E-state index in [0.29, 0.717) is 23.8 Å². The number of thiazole rings is 1. The number of rotatable bonds is 6. The number of amides is 1. The maximum atomic E-state index is 13.6. The zero-order chi connectivity index (χ0) is 25.1. The van der Waals surface area contributed by atoms with Gasteiger partial charge in [-0.1, -0.05) is 46.2 Å². The Morgan fingerprint density at radius 2 is 1.81 bits per heavy atom. The van der Waals surface area contributed by atoms with Crippen molar-refractivity contribution in [2.75, 3.05) is 18.1 Å². The molecule has 0 N–H and O–H groups in total. The molecule has 3 heterocycles. The van der Waals surface area contributed by atoms with Gasteiger partial charge >= 0.3 is 0 Å². The maximum absolute atomic E-state index is 13.6. The molecule has 0 unspecified atom stereocenters. The summed E-state index contributed by atoms with van der Waals surface area (Å²) in [4.78, 5) is 19.3. The molecule has 1 fully saturated rings. The second-order valence-corrected chi connectivity index (χ2v) is 13.2. The van der Waals surface area contributed by atoms with Crippen LogP contribution >= 0.6 is 38.6 Å². The Morgan fingerprint density at radius 1 is 1.06 bits per heavy atom. The van der Waals surface area contributed by atoms with E-state index in [9.17, 15) is 13.2 Å². The van der Waals surface area contributed by atoms with Crippen molar-refractivity contribution in [1.82, 2.24) is 9.29 Å². The van der Waals surface area contributed by atoms with E-state index < -0.39 is 10.0 Å².